The zero-order valence-electron chi connectivity index (χ0n) is 11.2. The van der Waals surface area contributed by atoms with Gasteiger partial charge in [-0.3, -0.25) is 0 Å². The van der Waals surface area contributed by atoms with Crippen LogP contribution in [-0.4, -0.2) is 33.3 Å². The van der Waals surface area contributed by atoms with Crippen molar-refractivity contribution in [1.82, 2.24) is 15.0 Å². The summed E-state index contributed by atoms with van der Waals surface area (Å²) in [5, 5.41) is 19.6. The number of benzene rings is 1. The smallest absolute Gasteiger partial charge is 0.167 e. The van der Waals surface area contributed by atoms with Crippen LogP contribution in [0.2, 0.25) is 0 Å². The van der Waals surface area contributed by atoms with Gasteiger partial charge in [0.05, 0.1) is 32.5 Å². The average molecular weight is 280 g/mol. The fourth-order valence-electron chi connectivity index (χ4n) is 1.71. The molecule has 7 heteroatoms. The van der Waals surface area contributed by atoms with E-state index < -0.39 is 5.82 Å². The monoisotopic (exact) mass is 280 g/mol. The molecule has 2 aromatic rings. The first-order valence-electron chi connectivity index (χ1n) is 6.39. The fourth-order valence-corrected chi connectivity index (χ4v) is 1.71. The molecule has 1 heterocycles. The average Bonchev–Trinajstić information content (AvgIpc) is 2.88. The maximum Gasteiger partial charge on any atom is 0.167 e. The predicted molar refractivity (Wildman–Crippen MR) is 72.0 cm³/mol. The Kier molecular flexibility index (Phi) is 4.89. The number of hydrogen-bond donors (Lipinski definition) is 2. The van der Waals surface area contributed by atoms with Crippen LogP contribution in [0, 0.1) is 5.82 Å². The third-order valence-corrected chi connectivity index (χ3v) is 2.62. The molecule has 1 aromatic heterocycles. The van der Waals surface area contributed by atoms with E-state index in [4.69, 9.17) is 9.84 Å². The third kappa shape index (κ3) is 3.67. The Balaban J connectivity index is 1.94. The van der Waals surface area contributed by atoms with Crippen LogP contribution in [0.1, 0.15) is 12.6 Å². The van der Waals surface area contributed by atoms with Gasteiger partial charge in [0, 0.05) is 11.8 Å². The molecule has 0 aliphatic rings. The molecule has 0 aliphatic heterocycles. The minimum absolute atomic E-state index is 0.0142. The first kappa shape index (κ1) is 14.3. The van der Waals surface area contributed by atoms with E-state index >= 15 is 0 Å². The lowest BCUT2D eigenvalue weighted by molar-refractivity contribution is 0.268. The van der Waals surface area contributed by atoms with Gasteiger partial charge in [0.1, 0.15) is 5.69 Å². The molecule has 0 aliphatic carbocycles. The summed E-state index contributed by atoms with van der Waals surface area (Å²) in [5.74, 6) is -0.160. The van der Waals surface area contributed by atoms with Crippen molar-refractivity contribution in [1.29, 1.82) is 0 Å². The summed E-state index contributed by atoms with van der Waals surface area (Å²) >= 11 is 0. The number of hydrogen-bond acceptors (Lipinski definition) is 5. The molecule has 0 atom stereocenters. The number of rotatable bonds is 7. The molecule has 20 heavy (non-hydrogen) atoms. The highest BCUT2D eigenvalue weighted by molar-refractivity contribution is 5.47. The molecule has 0 saturated carbocycles. The van der Waals surface area contributed by atoms with Gasteiger partial charge in [0.2, 0.25) is 0 Å². The van der Waals surface area contributed by atoms with Crippen LogP contribution in [0.5, 0.6) is 5.75 Å². The number of ether oxygens (including phenoxy) is 1. The van der Waals surface area contributed by atoms with Gasteiger partial charge in [-0.25, -0.2) is 9.07 Å². The number of nitrogens with one attached hydrogen (secondary N) is 1. The number of aliphatic hydroxyl groups is 1. The van der Waals surface area contributed by atoms with Crippen LogP contribution in [0.4, 0.5) is 10.1 Å². The fraction of sp³-hybridized carbons (Fsp3) is 0.385. The van der Waals surface area contributed by atoms with Crippen molar-refractivity contribution in [3.05, 3.63) is 35.9 Å². The van der Waals surface area contributed by atoms with E-state index in [1.807, 2.05) is 0 Å². The van der Waals surface area contributed by atoms with Gasteiger partial charge in [-0.2, -0.15) is 0 Å². The van der Waals surface area contributed by atoms with Crippen molar-refractivity contribution < 1.29 is 14.2 Å². The van der Waals surface area contributed by atoms with Crippen LogP contribution < -0.4 is 10.1 Å². The number of anilines is 1. The lowest BCUT2D eigenvalue weighted by Crippen LogP contribution is -2.02. The maximum absolute atomic E-state index is 13.6. The zero-order chi connectivity index (χ0) is 14.4. The van der Waals surface area contributed by atoms with Gasteiger partial charge >= 0.3 is 0 Å². The molecule has 0 bridgehead atoms. The summed E-state index contributed by atoms with van der Waals surface area (Å²) in [6, 6.07) is 4.71. The molecule has 0 unspecified atom stereocenters. The molecule has 0 spiro atoms. The Hall–Kier alpha value is -2.15. The number of halogens is 1. The highest BCUT2D eigenvalue weighted by Gasteiger charge is 2.05. The topological polar surface area (TPSA) is 72.2 Å². The summed E-state index contributed by atoms with van der Waals surface area (Å²) in [4.78, 5) is 0. The summed E-state index contributed by atoms with van der Waals surface area (Å²) in [6.45, 7) is 3.09. The van der Waals surface area contributed by atoms with Gasteiger partial charge in [-0.1, -0.05) is 5.21 Å². The predicted octanol–water partition coefficient (Wildman–Crippen LogP) is 1.42. The molecule has 0 radical (unpaired) electrons. The first-order chi connectivity index (χ1) is 9.72. The SMILES string of the molecule is CCOc1ccc(NCc2cn(CCO)nn2)cc1F. The van der Waals surface area contributed by atoms with E-state index in [9.17, 15) is 4.39 Å². The van der Waals surface area contributed by atoms with E-state index in [0.717, 1.165) is 0 Å². The quantitative estimate of drug-likeness (QED) is 0.802. The largest absolute Gasteiger partial charge is 0.491 e. The van der Waals surface area contributed by atoms with Crippen LogP contribution in [0.15, 0.2) is 24.4 Å². The van der Waals surface area contributed by atoms with Crippen molar-refractivity contribution in [2.45, 2.75) is 20.0 Å². The highest BCUT2D eigenvalue weighted by Crippen LogP contribution is 2.21. The van der Waals surface area contributed by atoms with Crippen molar-refractivity contribution in [2.24, 2.45) is 0 Å². The summed E-state index contributed by atoms with van der Waals surface area (Å²) < 4.78 is 20.3. The minimum Gasteiger partial charge on any atom is -0.491 e. The second-order valence-corrected chi connectivity index (χ2v) is 4.13. The van der Waals surface area contributed by atoms with E-state index in [1.165, 1.54) is 6.07 Å². The molecule has 6 nitrogen and oxygen atoms in total. The Morgan fingerprint density at radius 1 is 1.45 bits per heavy atom. The second-order valence-electron chi connectivity index (χ2n) is 4.13. The Bertz CT molecular complexity index is 559. The van der Waals surface area contributed by atoms with E-state index in [0.29, 0.717) is 31.1 Å². The first-order valence-corrected chi connectivity index (χ1v) is 6.39. The Morgan fingerprint density at radius 2 is 2.30 bits per heavy atom. The molecular formula is C13H17FN4O2. The van der Waals surface area contributed by atoms with Gasteiger partial charge in [0.25, 0.3) is 0 Å². The molecule has 108 valence electrons. The molecular weight excluding hydrogens is 263 g/mol. The summed E-state index contributed by atoms with van der Waals surface area (Å²) in [7, 11) is 0. The van der Waals surface area contributed by atoms with Crippen LogP contribution in [0.3, 0.4) is 0 Å². The molecule has 0 saturated heterocycles. The number of aliphatic hydroxyl groups excluding tert-OH is 1. The normalized spacial score (nSPS) is 10.6. The second kappa shape index (κ2) is 6.85. The standard InChI is InChI=1S/C13H17FN4O2/c1-2-20-13-4-3-10(7-12(13)14)15-8-11-9-18(5-6-19)17-16-11/h3-4,7,9,15,19H,2,5-6,8H2,1H3. The molecule has 2 N–H and O–H groups in total. The number of nitrogens with zero attached hydrogens (tertiary/aromatic N) is 3. The third-order valence-electron chi connectivity index (χ3n) is 2.62. The van der Waals surface area contributed by atoms with E-state index in [1.54, 1.807) is 29.9 Å². The van der Waals surface area contributed by atoms with E-state index in [2.05, 4.69) is 15.6 Å². The van der Waals surface area contributed by atoms with Crippen molar-refractivity contribution in [3.63, 3.8) is 0 Å². The lowest BCUT2D eigenvalue weighted by Gasteiger charge is -2.08. The van der Waals surface area contributed by atoms with Crippen LogP contribution in [-0.2, 0) is 13.1 Å². The maximum atomic E-state index is 13.6. The minimum atomic E-state index is -0.402. The van der Waals surface area contributed by atoms with Crippen molar-refractivity contribution in [3.8, 4) is 5.75 Å². The zero-order valence-corrected chi connectivity index (χ0v) is 11.2. The Morgan fingerprint density at radius 3 is 3.00 bits per heavy atom. The molecule has 0 amide bonds. The van der Waals surface area contributed by atoms with Gasteiger partial charge in [0.15, 0.2) is 11.6 Å². The summed E-state index contributed by atoms with van der Waals surface area (Å²) in [5.41, 5.74) is 1.36. The highest BCUT2D eigenvalue weighted by atomic mass is 19.1. The van der Waals surface area contributed by atoms with E-state index in [-0.39, 0.29) is 12.4 Å². The van der Waals surface area contributed by atoms with Crippen LogP contribution in [0.25, 0.3) is 0 Å². The molecule has 1 aromatic carbocycles. The van der Waals surface area contributed by atoms with Gasteiger partial charge < -0.3 is 15.2 Å². The lowest BCUT2D eigenvalue weighted by atomic mass is 10.3. The van der Waals surface area contributed by atoms with Crippen molar-refractivity contribution in [2.75, 3.05) is 18.5 Å². The number of aromatic nitrogens is 3. The summed E-state index contributed by atoms with van der Waals surface area (Å²) in [6.07, 6.45) is 1.73. The Labute approximate surface area is 116 Å². The molecule has 2 rings (SSSR count). The van der Waals surface area contributed by atoms with Gasteiger partial charge in [-0.05, 0) is 19.1 Å². The van der Waals surface area contributed by atoms with Crippen molar-refractivity contribution >= 4 is 5.69 Å². The molecule has 0 fully saturated rings. The van der Waals surface area contributed by atoms with Crippen LogP contribution >= 0.6 is 0 Å². The van der Waals surface area contributed by atoms with Gasteiger partial charge in [-0.15, -0.1) is 5.10 Å².